The molecule has 3 atom stereocenters. The van der Waals surface area contributed by atoms with Crippen LogP contribution in [0.1, 0.15) is 29.5 Å². The van der Waals surface area contributed by atoms with Crippen molar-refractivity contribution in [2.75, 3.05) is 12.4 Å². The Morgan fingerprint density at radius 1 is 1.17 bits per heavy atom. The molecule has 4 rings (SSSR count). The van der Waals surface area contributed by atoms with Crippen molar-refractivity contribution in [3.05, 3.63) is 69.7 Å². The first kappa shape index (κ1) is 14.9. The van der Waals surface area contributed by atoms with Crippen molar-refractivity contribution in [1.82, 2.24) is 0 Å². The standard InChI is InChI=1S/C19H17Cl2NO/c1-23-13-5-2-4-11(8-13)19-15-7-3-6-14(15)18-16(21)9-12(20)10-17(18)22-19/h2-6,8-10,14-15,19,22H,7H2,1H3/t14-,15+,19-/m0/s1. The predicted molar refractivity (Wildman–Crippen MR) is 95.8 cm³/mol. The molecule has 0 unspecified atom stereocenters. The Balaban J connectivity index is 1.81. The molecule has 1 aliphatic carbocycles. The number of rotatable bonds is 2. The second-order valence-corrected chi connectivity index (χ2v) is 6.94. The van der Waals surface area contributed by atoms with Crippen molar-refractivity contribution in [3.63, 3.8) is 0 Å². The summed E-state index contributed by atoms with van der Waals surface area (Å²) in [6, 6.07) is 12.3. The molecule has 4 heteroatoms. The van der Waals surface area contributed by atoms with E-state index in [1.807, 2.05) is 24.3 Å². The number of halogens is 2. The van der Waals surface area contributed by atoms with Crippen molar-refractivity contribution >= 4 is 28.9 Å². The van der Waals surface area contributed by atoms with Crippen LogP contribution in [0, 0.1) is 5.92 Å². The molecule has 0 fully saturated rings. The summed E-state index contributed by atoms with van der Waals surface area (Å²) in [5.74, 6) is 1.65. The summed E-state index contributed by atoms with van der Waals surface area (Å²) in [6.07, 6.45) is 5.57. The Hall–Kier alpha value is -1.64. The molecule has 118 valence electrons. The van der Waals surface area contributed by atoms with Crippen LogP contribution in [0.5, 0.6) is 5.75 Å². The van der Waals surface area contributed by atoms with Crippen LogP contribution in [0.25, 0.3) is 0 Å². The molecule has 2 aliphatic rings. The molecule has 1 N–H and O–H groups in total. The summed E-state index contributed by atoms with van der Waals surface area (Å²) < 4.78 is 5.38. The lowest BCUT2D eigenvalue weighted by atomic mass is 9.77. The zero-order valence-corrected chi connectivity index (χ0v) is 14.2. The maximum atomic E-state index is 6.48. The normalized spacial score (nSPS) is 24.7. The first-order valence-corrected chi connectivity index (χ1v) is 8.49. The van der Waals surface area contributed by atoms with Gasteiger partial charge in [-0.05, 0) is 42.2 Å². The van der Waals surface area contributed by atoms with Crippen LogP contribution in [0.3, 0.4) is 0 Å². The average Bonchev–Trinajstić information content (AvgIpc) is 3.02. The van der Waals surface area contributed by atoms with Crippen LogP contribution in [0.2, 0.25) is 10.0 Å². The van der Waals surface area contributed by atoms with E-state index >= 15 is 0 Å². The quantitative estimate of drug-likeness (QED) is 0.691. The fraction of sp³-hybridized carbons (Fsp3) is 0.263. The van der Waals surface area contributed by atoms with Gasteiger partial charge < -0.3 is 10.1 Å². The molecule has 1 aliphatic heterocycles. The van der Waals surface area contributed by atoms with Gasteiger partial charge in [-0.2, -0.15) is 0 Å². The predicted octanol–water partition coefficient (Wildman–Crippen LogP) is 5.83. The van der Waals surface area contributed by atoms with Gasteiger partial charge >= 0.3 is 0 Å². The van der Waals surface area contributed by atoms with Crippen molar-refractivity contribution < 1.29 is 4.74 Å². The average molecular weight is 346 g/mol. The number of anilines is 1. The Morgan fingerprint density at radius 3 is 2.87 bits per heavy atom. The van der Waals surface area contributed by atoms with Crippen LogP contribution in [-0.2, 0) is 0 Å². The minimum atomic E-state index is 0.215. The fourth-order valence-corrected chi connectivity index (χ4v) is 4.43. The topological polar surface area (TPSA) is 21.3 Å². The van der Waals surface area contributed by atoms with Gasteiger partial charge in [-0.15, -0.1) is 0 Å². The fourth-order valence-electron chi connectivity index (χ4n) is 3.81. The number of fused-ring (bicyclic) bond motifs is 3. The number of hydrogen-bond donors (Lipinski definition) is 1. The zero-order chi connectivity index (χ0) is 16.0. The van der Waals surface area contributed by atoms with E-state index in [-0.39, 0.29) is 6.04 Å². The van der Waals surface area contributed by atoms with E-state index in [1.165, 1.54) is 5.56 Å². The molecule has 0 aromatic heterocycles. The third kappa shape index (κ3) is 2.50. The van der Waals surface area contributed by atoms with E-state index in [9.17, 15) is 0 Å². The highest BCUT2D eigenvalue weighted by molar-refractivity contribution is 6.35. The lowest BCUT2D eigenvalue weighted by Gasteiger charge is -2.38. The summed E-state index contributed by atoms with van der Waals surface area (Å²) in [5, 5.41) is 5.05. The van der Waals surface area contributed by atoms with Crippen LogP contribution < -0.4 is 10.1 Å². The molecule has 23 heavy (non-hydrogen) atoms. The van der Waals surface area contributed by atoms with E-state index in [0.29, 0.717) is 16.9 Å². The summed E-state index contributed by atoms with van der Waals surface area (Å²) in [4.78, 5) is 0. The molecule has 0 bridgehead atoms. The van der Waals surface area contributed by atoms with Gasteiger partial charge in [0.15, 0.2) is 0 Å². The van der Waals surface area contributed by atoms with Gasteiger partial charge in [0.2, 0.25) is 0 Å². The van der Waals surface area contributed by atoms with Crippen LogP contribution in [-0.4, -0.2) is 7.11 Å². The van der Waals surface area contributed by atoms with Crippen molar-refractivity contribution in [2.24, 2.45) is 5.92 Å². The molecule has 2 aromatic rings. The molecule has 0 amide bonds. The van der Waals surface area contributed by atoms with Gasteiger partial charge in [0.1, 0.15) is 5.75 Å². The monoisotopic (exact) mass is 345 g/mol. The highest BCUT2D eigenvalue weighted by Gasteiger charge is 2.39. The number of methoxy groups -OCH3 is 1. The largest absolute Gasteiger partial charge is 0.497 e. The third-order valence-corrected chi connectivity index (χ3v) is 5.36. The Kier molecular flexibility index (Phi) is 3.74. The number of nitrogens with one attached hydrogen (secondary N) is 1. The SMILES string of the molecule is COc1cccc([C@@H]2Nc3cc(Cl)cc(Cl)c3[C@H]3C=CC[C@H]32)c1. The highest BCUT2D eigenvalue weighted by Crippen LogP contribution is 2.52. The third-order valence-electron chi connectivity index (χ3n) is 4.83. The van der Waals surface area contributed by atoms with E-state index < -0.39 is 0 Å². The Labute approximate surface area is 146 Å². The Bertz CT molecular complexity index is 787. The summed E-state index contributed by atoms with van der Waals surface area (Å²) in [7, 11) is 1.70. The van der Waals surface area contributed by atoms with Gasteiger partial charge in [0.25, 0.3) is 0 Å². The van der Waals surface area contributed by atoms with Gasteiger partial charge in [-0.1, -0.05) is 47.5 Å². The molecule has 0 spiro atoms. The van der Waals surface area contributed by atoms with Crippen LogP contribution >= 0.6 is 23.2 Å². The van der Waals surface area contributed by atoms with Crippen molar-refractivity contribution in [2.45, 2.75) is 18.4 Å². The highest BCUT2D eigenvalue weighted by atomic mass is 35.5. The summed E-state index contributed by atoms with van der Waals surface area (Å²) >= 11 is 12.7. The van der Waals surface area contributed by atoms with Gasteiger partial charge in [0.05, 0.1) is 13.2 Å². The molecule has 2 nitrogen and oxygen atoms in total. The number of benzene rings is 2. The van der Waals surface area contributed by atoms with E-state index in [2.05, 4.69) is 29.6 Å². The maximum Gasteiger partial charge on any atom is 0.119 e. The smallest absolute Gasteiger partial charge is 0.119 e. The first-order chi connectivity index (χ1) is 11.2. The molecule has 0 radical (unpaired) electrons. The number of hydrogen-bond acceptors (Lipinski definition) is 2. The zero-order valence-electron chi connectivity index (χ0n) is 12.7. The van der Waals surface area contributed by atoms with Crippen molar-refractivity contribution in [3.8, 4) is 5.75 Å². The van der Waals surface area contributed by atoms with Gasteiger partial charge in [-0.25, -0.2) is 0 Å². The number of ether oxygens (including phenoxy) is 1. The minimum Gasteiger partial charge on any atom is -0.497 e. The molecular formula is C19H17Cl2NO. The first-order valence-electron chi connectivity index (χ1n) is 7.73. The van der Waals surface area contributed by atoms with Gasteiger partial charge in [-0.3, -0.25) is 0 Å². The van der Waals surface area contributed by atoms with Crippen LogP contribution in [0.4, 0.5) is 5.69 Å². The maximum absolute atomic E-state index is 6.48. The molecule has 0 saturated carbocycles. The molecular weight excluding hydrogens is 329 g/mol. The lowest BCUT2D eigenvalue weighted by molar-refractivity contribution is 0.406. The van der Waals surface area contributed by atoms with E-state index in [0.717, 1.165) is 28.4 Å². The second-order valence-electron chi connectivity index (χ2n) is 6.10. The van der Waals surface area contributed by atoms with E-state index in [4.69, 9.17) is 27.9 Å². The molecule has 1 heterocycles. The number of allylic oxidation sites excluding steroid dienone is 2. The summed E-state index contributed by atoms with van der Waals surface area (Å²) in [6.45, 7) is 0. The lowest BCUT2D eigenvalue weighted by Crippen LogP contribution is -2.29. The van der Waals surface area contributed by atoms with E-state index in [1.54, 1.807) is 7.11 Å². The van der Waals surface area contributed by atoms with Crippen molar-refractivity contribution in [1.29, 1.82) is 0 Å². The Morgan fingerprint density at radius 2 is 2.04 bits per heavy atom. The molecule has 0 saturated heterocycles. The minimum absolute atomic E-state index is 0.215. The second kappa shape index (κ2) is 5.77. The summed E-state index contributed by atoms with van der Waals surface area (Å²) in [5.41, 5.74) is 3.42. The van der Waals surface area contributed by atoms with Crippen LogP contribution in [0.15, 0.2) is 48.6 Å². The molecule has 2 aromatic carbocycles. The van der Waals surface area contributed by atoms with Gasteiger partial charge in [0, 0.05) is 27.2 Å².